The van der Waals surface area contributed by atoms with E-state index in [2.05, 4.69) is 64.9 Å². The van der Waals surface area contributed by atoms with Gasteiger partial charge in [-0.2, -0.15) is 0 Å². The van der Waals surface area contributed by atoms with Gasteiger partial charge < -0.3 is 5.32 Å². The fourth-order valence-corrected chi connectivity index (χ4v) is 3.67. The predicted molar refractivity (Wildman–Crippen MR) is 87.6 cm³/mol. The Morgan fingerprint density at radius 3 is 2.80 bits per heavy atom. The lowest BCUT2D eigenvalue weighted by atomic mass is 10.1. The highest BCUT2D eigenvalue weighted by Crippen LogP contribution is 2.28. The van der Waals surface area contributed by atoms with Gasteiger partial charge in [0.25, 0.3) is 0 Å². The Balaban J connectivity index is 1.69. The van der Waals surface area contributed by atoms with Crippen LogP contribution in [0.1, 0.15) is 11.9 Å². The van der Waals surface area contributed by atoms with Gasteiger partial charge in [-0.3, -0.25) is 0 Å². The molecule has 1 N–H and O–H groups in total. The molecule has 0 aliphatic rings. The average molecular weight is 301 g/mol. The molecule has 0 unspecified atom stereocenters. The first-order chi connectivity index (χ1) is 9.85. The van der Waals surface area contributed by atoms with Crippen LogP contribution < -0.4 is 5.32 Å². The van der Waals surface area contributed by atoms with Crippen LogP contribution in [0.4, 0.5) is 5.13 Å². The van der Waals surface area contributed by atoms with E-state index in [0.29, 0.717) is 0 Å². The summed E-state index contributed by atoms with van der Waals surface area (Å²) in [6, 6.07) is 15.0. The normalized spacial score (nSPS) is 10.8. The standard InChI is InChI=1S/C15H15N3S2/c1-2-16-15-18-17-14(20-15)10-19-13-8-7-11-5-3-4-6-12(11)9-13/h3-9H,2,10H2,1H3,(H,16,18). The molecule has 102 valence electrons. The summed E-state index contributed by atoms with van der Waals surface area (Å²) in [6.45, 7) is 2.94. The van der Waals surface area contributed by atoms with Gasteiger partial charge in [0.15, 0.2) is 0 Å². The average Bonchev–Trinajstić information content (AvgIpc) is 2.93. The molecular formula is C15H15N3S2. The molecule has 3 aromatic rings. The fraction of sp³-hybridized carbons (Fsp3) is 0.200. The van der Waals surface area contributed by atoms with Gasteiger partial charge in [0.1, 0.15) is 5.01 Å². The first-order valence-corrected chi connectivity index (χ1v) is 8.33. The molecule has 0 bridgehead atoms. The van der Waals surface area contributed by atoms with Crippen molar-refractivity contribution in [1.29, 1.82) is 0 Å². The van der Waals surface area contributed by atoms with E-state index >= 15 is 0 Å². The number of fused-ring (bicyclic) bond motifs is 1. The van der Waals surface area contributed by atoms with Gasteiger partial charge in [0, 0.05) is 11.4 Å². The van der Waals surface area contributed by atoms with Gasteiger partial charge in [-0.1, -0.05) is 41.7 Å². The Bertz CT molecular complexity index is 709. The van der Waals surface area contributed by atoms with E-state index in [1.165, 1.54) is 15.7 Å². The largest absolute Gasteiger partial charge is 0.360 e. The molecule has 3 rings (SSSR count). The smallest absolute Gasteiger partial charge is 0.205 e. The minimum atomic E-state index is 0.863. The lowest BCUT2D eigenvalue weighted by molar-refractivity contribution is 1.03. The maximum absolute atomic E-state index is 4.20. The van der Waals surface area contributed by atoms with Crippen molar-refractivity contribution in [2.45, 2.75) is 17.6 Å². The number of nitrogens with zero attached hydrogens (tertiary/aromatic N) is 2. The number of anilines is 1. The van der Waals surface area contributed by atoms with Gasteiger partial charge in [-0.25, -0.2) is 0 Å². The molecule has 0 saturated heterocycles. The van der Waals surface area contributed by atoms with Crippen LogP contribution in [0, 0.1) is 0 Å². The Labute approximate surface area is 126 Å². The third-order valence-corrected chi connectivity index (χ3v) is 4.95. The van der Waals surface area contributed by atoms with E-state index in [-0.39, 0.29) is 0 Å². The Kier molecular flexibility index (Phi) is 4.18. The van der Waals surface area contributed by atoms with E-state index in [4.69, 9.17) is 0 Å². The predicted octanol–water partition coefficient (Wildman–Crippen LogP) is 4.42. The van der Waals surface area contributed by atoms with Crippen molar-refractivity contribution in [3.8, 4) is 0 Å². The number of nitrogens with one attached hydrogen (secondary N) is 1. The Morgan fingerprint density at radius 1 is 1.10 bits per heavy atom. The fourth-order valence-electron chi connectivity index (χ4n) is 1.94. The van der Waals surface area contributed by atoms with Gasteiger partial charge in [0.05, 0.1) is 5.75 Å². The SMILES string of the molecule is CCNc1nnc(CSc2ccc3ccccc3c2)s1. The monoisotopic (exact) mass is 301 g/mol. The summed E-state index contributed by atoms with van der Waals surface area (Å²) in [5, 5.41) is 16.0. The molecule has 0 aliphatic heterocycles. The highest BCUT2D eigenvalue weighted by atomic mass is 32.2. The quantitative estimate of drug-likeness (QED) is 0.708. The molecule has 0 saturated carbocycles. The maximum atomic E-state index is 4.20. The maximum Gasteiger partial charge on any atom is 0.205 e. The third-order valence-electron chi connectivity index (χ3n) is 2.88. The number of aromatic nitrogens is 2. The summed E-state index contributed by atoms with van der Waals surface area (Å²) in [5.74, 6) is 0.863. The second-order valence-corrected chi connectivity index (χ2v) is 6.44. The van der Waals surface area contributed by atoms with E-state index in [9.17, 15) is 0 Å². The van der Waals surface area contributed by atoms with Crippen molar-refractivity contribution in [3.05, 3.63) is 47.5 Å². The van der Waals surface area contributed by atoms with Crippen LogP contribution in [0.25, 0.3) is 10.8 Å². The Hall–Kier alpha value is -1.59. The van der Waals surface area contributed by atoms with Gasteiger partial charge in [-0.15, -0.1) is 22.0 Å². The lowest BCUT2D eigenvalue weighted by Crippen LogP contribution is -1.94. The zero-order valence-corrected chi connectivity index (χ0v) is 12.8. The van der Waals surface area contributed by atoms with Crippen LogP contribution in [-0.2, 0) is 5.75 Å². The van der Waals surface area contributed by atoms with Crippen LogP contribution in [0.3, 0.4) is 0 Å². The zero-order chi connectivity index (χ0) is 13.8. The van der Waals surface area contributed by atoms with Crippen molar-refractivity contribution in [3.63, 3.8) is 0 Å². The molecule has 3 nitrogen and oxygen atoms in total. The van der Waals surface area contributed by atoms with Crippen LogP contribution in [-0.4, -0.2) is 16.7 Å². The molecule has 0 radical (unpaired) electrons. The van der Waals surface area contributed by atoms with Crippen LogP contribution in [0.5, 0.6) is 0 Å². The first-order valence-electron chi connectivity index (χ1n) is 6.53. The Morgan fingerprint density at radius 2 is 1.95 bits per heavy atom. The summed E-state index contributed by atoms with van der Waals surface area (Å²) in [7, 11) is 0. The molecule has 5 heteroatoms. The minimum absolute atomic E-state index is 0.863. The summed E-state index contributed by atoms with van der Waals surface area (Å²) in [5.41, 5.74) is 0. The lowest BCUT2D eigenvalue weighted by Gasteiger charge is -2.02. The first kappa shape index (κ1) is 13.4. The van der Waals surface area contributed by atoms with Crippen molar-refractivity contribution < 1.29 is 0 Å². The number of rotatable bonds is 5. The summed E-state index contributed by atoms with van der Waals surface area (Å²) in [4.78, 5) is 1.27. The molecule has 2 aromatic carbocycles. The number of thioether (sulfide) groups is 1. The van der Waals surface area contributed by atoms with E-state index < -0.39 is 0 Å². The molecule has 0 spiro atoms. The molecule has 0 amide bonds. The number of hydrogen-bond acceptors (Lipinski definition) is 5. The highest BCUT2D eigenvalue weighted by molar-refractivity contribution is 7.98. The molecule has 1 heterocycles. The van der Waals surface area contributed by atoms with Gasteiger partial charge >= 0.3 is 0 Å². The topological polar surface area (TPSA) is 37.8 Å². The molecular weight excluding hydrogens is 286 g/mol. The minimum Gasteiger partial charge on any atom is -0.360 e. The number of benzene rings is 2. The van der Waals surface area contributed by atoms with Crippen molar-refractivity contribution in [2.24, 2.45) is 0 Å². The third kappa shape index (κ3) is 3.11. The summed E-state index contributed by atoms with van der Waals surface area (Å²) >= 11 is 3.43. The molecule has 0 aliphatic carbocycles. The molecule has 1 aromatic heterocycles. The van der Waals surface area contributed by atoms with Crippen LogP contribution in [0.15, 0.2) is 47.4 Å². The van der Waals surface area contributed by atoms with Crippen LogP contribution >= 0.6 is 23.1 Å². The summed E-state index contributed by atoms with van der Waals surface area (Å²) in [6.07, 6.45) is 0. The molecule has 20 heavy (non-hydrogen) atoms. The highest BCUT2D eigenvalue weighted by Gasteiger charge is 2.04. The second kappa shape index (κ2) is 6.24. The van der Waals surface area contributed by atoms with E-state index in [1.54, 1.807) is 23.1 Å². The van der Waals surface area contributed by atoms with Crippen LogP contribution in [0.2, 0.25) is 0 Å². The van der Waals surface area contributed by atoms with Crippen molar-refractivity contribution in [2.75, 3.05) is 11.9 Å². The number of hydrogen-bond donors (Lipinski definition) is 1. The zero-order valence-electron chi connectivity index (χ0n) is 11.2. The van der Waals surface area contributed by atoms with Crippen molar-refractivity contribution in [1.82, 2.24) is 10.2 Å². The second-order valence-electron chi connectivity index (χ2n) is 4.33. The molecule has 0 atom stereocenters. The van der Waals surface area contributed by atoms with E-state index in [0.717, 1.165) is 22.4 Å². The summed E-state index contributed by atoms with van der Waals surface area (Å²) < 4.78 is 0. The van der Waals surface area contributed by atoms with Gasteiger partial charge in [-0.05, 0) is 29.8 Å². The molecule has 0 fully saturated rings. The van der Waals surface area contributed by atoms with Gasteiger partial charge in [0.2, 0.25) is 5.13 Å². The van der Waals surface area contributed by atoms with Crippen molar-refractivity contribution >= 4 is 39.0 Å². The van der Waals surface area contributed by atoms with E-state index in [1.807, 2.05) is 0 Å².